The van der Waals surface area contributed by atoms with Crippen LogP contribution in [0.3, 0.4) is 0 Å². The van der Waals surface area contributed by atoms with Crippen LogP contribution in [-0.2, 0) is 6.42 Å². The smallest absolute Gasteiger partial charge is 0.0475 e. The average molecular weight is 264 g/mol. The molecule has 2 atom stereocenters. The predicted octanol–water partition coefficient (Wildman–Crippen LogP) is 4.10. The zero-order chi connectivity index (χ0) is 12.9. The van der Waals surface area contributed by atoms with Crippen LogP contribution in [0.5, 0.6) is 0 Å². The van der Waals surface area contributed by atoms with Crippen molar-refractivity contribution in [1.29, 1.82) is 0 Å². The standard InChI is InChI=1S/C16H22ClN/c1-10(2)11-4-5-12-13(15(11)17)6-7-16(3)9-18-8-14(12)16/h4-5,10,14,18H,6-9H2,1-3H3/t14-,16-/m0/s1. The van der Waals surface area contributed by atoms with Gasteiger partial charge < -0.3 is 5.32 Å². The molecule has 1 aliphatic carbocycles. The van der Waals surface area contributed by atoms with Crippen LogP contribution in [0.4, 0.5) is 0 Å². The Bertz CT molecular complexity index is 480. The molecule has 2 aliphatic rings. The molecule has 98 valence electrons. The molecule has 1 saturated heterocycles. The molecule has 1 fully saturated rings. The molecule has 1 aliphatic heterocycles. The first-order valence-electron chi connectivity index (χ1n) is 7.05. The van der Waals surface area contributed by atoms with Crippen LogP contribution in [-0.4, -0.2) is 13.1 Å². The summed E-state index contributed by atoms with van der Waals surface area (Å²) in [5, 5.41) is 4.60. The SMILES string of the molecule is CC(C)c1ccc2c(c1Cl)CC[C@@]1(C)CNC[C@@H]21. The highest BCUT2D eigenvalue weighted by molar-refractivity contribution is 6.32. The van der Waals surface area contributed by atoms with Crippen LogP contribution in [0, 0.1) is 5.41 Å². The van der Waals surface area contributed by atoms with E-state index in [4.69, 9.17) is 11.6 Å². The van der Waals surface area contributed by atoms with Gasteiger partial charge in [0.2, 0.25) is 0 Å². The van der Waals surface area contributed by atoms with Gasteiger partial charge >= 0.3 is 0 Å². The van der Waals surface area contributed by atoms with Crippen LogP contribution in [0.1, 0.15) is 55.7 Å². The zero-order valence-corrected chi connectivity index (χ0v) is 12.3. The van der Waals surface area contributed by atoms with Gasteiger partial charge in [-0.3, -0.25) is 0 Å². The van der Waals surface area contributed by atoms with Crippen LogP contribution < -0.4 is 5.32 Å². The summed E-state index contributed by atoms with van der Waals surface area (Å²) in [5.41, 5.74) is 4.68. The minimum absolute atomic E-state index is 0.440. The molecule has 0 bridgehead atoms. The molecule has 18 heavy (non-hydrogen) atoms. The third-order valence-electron chi connectivity index (χ3n) is 4.97. The average Bonchev–Trinajstić information content (AvgIpc) is 2.71. The molecule has 0 saturated carbocycles. The summed E-state index contributed by atoms with van der Waals surface area (Å²) in [5.74, 6) is 1.16. The number of nitrogens with one attached hydrogen (secondary N) is 1. The number of hydrogen-bond donors (Lipinski definition) is 1. The summed E-state index contributed by atoms with van der Waals surface area (Å²) in [6.07, 6.45) is 2.41. The van der Waals surface area contributed by atoms with Crippen molar-refractivity contribution >= 4 is 11.6 Å². The fraction of sp³-hybridized carbons (Fsp3) is 0.625. The maximum atomic E-state index is 6.64. The molecule has 1 N–H and O–H groups in total. The van der Waals surface area contributed by atoms with Gasteiger partial charge in [-0.25, -0.2) is 0 Å². The highest BCUT2D eigenvalue weighted by atomic mass is 35.5. The number of halogens is 1. The molecule has 0 unspecified atom stereocenters. The molecule has 1 nitrogen and oxygen atoms in total. The lowest BCUT2D eigenvalue weighted by atomic mass is 9.66. The van der Waals surface area contributed by atoms with Gasteiger partial charge in [0, 0.05) is 24.0 Å². The molecule has 1 aromatic carbocycles. The zero-order valence-electron chi connectivity index (χ0n) is 11.5. The third-order valence-corrected chi connectivity index (χ3v) is 5.42. The predicted molar refractivity (Wildman–Crippen MR) is 77.6 cm³/mol. The van der Waals surface area contributed by atoms with Gasteiger partial charge in [0.15, 0.2) is 0 Å². The van der Waals surface area contributed by atoms with Crippen LogP contribution in [0.25, 0.3) is 0 Å². The van der Waals surface area contributed by atoms with Crippen molar-refractivity contribution < 1.29 is 0 Å². The van der Waals surface area contributed by atoms with E-state index >= 15 is 0 Å². The second-order valence-corrected chi connectivity index (χ2v) is 6.91. The number of fused-ring (bicyclic) bond motifs is 3. The van der Waals surface area contributed by atoms with Gasteiger partial charge in [-0.05, 0) is 40.9 Å². The van der Waals surface area contributed by atoms with Crippen LogP contribution >= 0.6 is 11.6 Å². The van der Waals surface area contributed by atoms with E-state index in [-0.39, 0.29) is 0 Å². The van der Waals surface area contributed by atoms with Crippen molar-refractivity contribution in [3.8, 4) is 0 Å². The second-order valence-electron chi connectivity index (χ2n) is 6.53. The molecule has 0 spiro atoms. The minimum atomic E-state index is 0.440. The normalized spacial score (nSPS) is 30.4. The van der Waals surface area contributed by atoms with E-state index in [1.54, 1.807) is 0 Å². The van der Waals surface area contributed by atoms with E-state index in [0.717, 1.165) is 24.5 Å². The molecule has 0 aromatic heterocycles. The van der Waals surface area contributed by atoms with E-state index < -0.39 is 0 Å². The second kappa shape index (κ2) is 4.25. The van der Waals surface area contributed by atoms with Gasteiger partial charge in [-0.1, -0.05) is 44.5 Å². The fourth-order valence-electron chi connectivity index (χ4n) is 3.71. The van der Waals surface area contributed by atoms with Gasteiger partial charge in [0.1, 0.15) is 0 Å². The maximum Gasteiger partial charge on any atom is 0.0475 e. The minimum Gasteiger partial charge on any atom is -0.316 e. The Morgan fingerprint density at radius 3 is 2.89 bits per heavy atom. The van der Waals surface area contributed by atoms with Gasteiger partial charge in [0.05, 0.1) is 0 Å². The monoisotopic (exact) mass is 263 g/mol. The maximum absolute atomic E-state index is 6.64. The van der Waals surface area contributed by atoms with Crippen molar-refractivity contribution in [2.24, 2.45) is 5.41 Å². The molecule has 1 aromatic rings. The van der Waals surface area contributed by atoms with E-state index in [1.165, 1.54) is 23.1 Å². The van der Waals surface area contributed by atoms with Gasteiger partial charge in [-0.15, -0.1) is 0 Å². The molecule has 0 radical (unpaired) electrons. The van der Waals surface area contributed by atoms with E-state index in [9.17, 15) is 0 Å². The highest BCUT2D eigenvalue weighted by Crippen LogP contribution is 2.49. The quantitative estimate of drug-likeness (QED) is 0.804. The topological polar surface area (TPSA) is 12.0 Å². The van der Waals surface area contributed by atoms with Crippen molar-refractivity contribution in [3.05, 3.63) is 33.8 Å². The Labute approximate surface area is 115 Å². The Morgan fingerprint density at radius 1 is 1.39 bits per heavy atom. The Kier molecular flexibility index (Phi) is 2.95. The lowest BCUT2D eigenvalue weighted by Crippen LogP contribution is -2.30. The Hall–Kier alpha value is -0.530. The summed E-state index contributed by atoms with van der Waals surface area (Å²) in [7, 11) is 0. The Balaban J connectivity index is 2.10. The van der Waals surface area contributed by atoms with Crippen LogP contribution in [0.2, 0.25) is 5.02 Å². The van der Waals surface area contributed by atoms with E-state index in [2.05, 4.69) is 38.2 Å². The lowest BCUT2D eigenvalue weighted by molar-refractivity contribution is 0.277. The molecule has 3 rings (SSSR count). The first-order valence-corrected chi connectivity index (χ1v) is 7.42. The van der Waals surface area contributed by atoms with Gasteiger partial charge in [0.25, 0.3) is 0 Å². The molecule has 0 amide bonds. The first kappa shape index (κ1) is 12.5. The summed E-state index contributed by atoms with van der Waals surface area (Å²) < 4.78 is 0. The largest absolute Gasteiger partial charge is 0.316 e. The van der Waals surface area contributed by atoms with Crippen molar-refractivity contribution in [3.63, 3.8) is 0 Å². The van der Waals surface area contributed by atoms with Crippen molar-refractivity contribution in [2.45, 2.75) is 45.4 Å². The van der Waals surface area contributed by atoms with E-state index in [0.29, 0.717) is 17.3 Å². The molecular weight excluding hydrogens is 242 g/mol. The van der Waals surface area contributed by atoms with E-state index in [1.807, 2.05) is 0 Å². The first-order chi connectivity index (χ1) is 8.53. The fourth-order valence-corrected chi connectivity index (χ4v) is 4.20. The summed E-state index contributed by atoms with van der Waals surface area (Å²) in [6, 6.07) is 4.58. The molecular formula is C16H22ClN. The highest BCUT2D eigenvalue weighted by Gasteiger charge is 2.43. The van der Waals surface area contributed by atoms with Crippen molar-refractivity contribution in [1.82, 2.24) is 5.32 Å². The number of hydrogen-bond acceptors (Lipinski definition) is 1. The Morgan fingerprint density at radius 2 is 2.17 bits per heavy atom. The summed E-state index contributed by atoms with van der Waals surface area (Å²) in [6.45, 7) is 9.13. The molecule has 2 heteroatoms. The lowest BCUT2D eigenvalue weighted by Gasteiger charge is -2.37. The summed E-state index contributed by atoms with van der Waals surface area (Å²) >= 11 is 6.64. The van der Waals surface area contributed by atoms with Crippen LogP contribution in [0.15, 0.2) is 12.1 Å². The molecule has 1 heterocycles. The van der Waals surface area contributed by atoms with Gasteiger partial charge in [-0.2, -0.15) is 0 Å². The number of rotatable bonds is 1. The summed E-state index contributed by atoms with van der Waals surface area (Å²) in [4.78, 5) is 0. The number of benzene rings is 1. The third kappa shape index (κ3) is 1.71. The van der Waals surface area contributed by atoms with Crippen molar-refractivity contribution in [2.75, 3.05) is 13.1 Å².